The van der Waals surface area contributed by atoms with E-state index in [2.05, 4.69) is 15.3 Å². The fraction of sp³-hybridized carbons (Fsp3) is 0.250. The maximum absolute atomic E-state index is 5.86. The summed E-state index contributed by atoms with van der Waals surface area (Å²) in [7, 11) is 1.94. The van der Waals surface area contributed by atoms with E-state index in [-0.39, 0.29) is 0 Å². The maximum Gasteiger partial charge on any atom is 0.0929 e. The Morgan fingerprint density at radius 2 is 2.06 bits per heavy atom. The van der Waals surface area contributed by atoms with Gasteiger partial charge in [0, 0.05) is 29.2 Å². The Kier molecular flexibility index (Phi) is 3.59. The van der Waals surface area contributed by atoms with Crippen molar-refractivity contribution in [2.45, 2.75) is 6.42 Å². The SMILES string of the molecule is CNCCc1[nH]cnc1-c1ccc(Cl)cc1. The standard InChI is InChI=1S/C12H14ClN3/c1-14-7-6-11-12(16-8-15-11)9-2-4-10(13)5-3-9/h2-5,8,14H,6-7H2,1H3,(H,15,16). The molecule has 0 fully saturated rings. The Labute approximate surface area is 99.9 Å². The molecular formula is C12H14ClN3. The highest BCUT2D eigenvalue weighted by molar-refractivity contribution is 6.30. The first-order valence-corrected chi connectivity index (χ1v) is 5.62. The molecule has 16 heavy (non-hydrogen) atoms. The zero-order valence-electron chi connectivity index (χ0n) is 9.13. The van der Waals surface area contributed by atoms with Gasteiger partial charge in [-0.05, 0) is 19.2 Å². The van der Waals surface area contributed by atoms with Gasteiger partial charge >= 0.3 is 0 Å². The number of halogens is 1. The topological polar surface area (TPSA) is 40.7 Å². The minimum Gasteiger partial charge on any atom is -0.348 e. The number of imidazole rings is 1. The van der Waals surface area contributed by atoms with E-state index in [1.807, 2.05) is 31.3 Å². The number of aromatic amines is 1. The number of aromatic nitrogens is 2. The Balaban J connectivity index is 2.26. The third kappa shape index (κ3) is 2.43. The van der Waals surface area contributed by atoms with Crippen molar-refractivity contribution in [1.82, 2.24) is 15.3 Å². The number of rotatable bonds is 4. The molecular weight excluding hydrogens is 222 g/mol. The van der Waals surface area contributed by atoms with Crippen LogP contribution in [-0.2, 0) is 6.42 Å². The van der Waals surface area contributed by atoms with Crippen molar-refractivity contribution in [3.05, 3.63) is 41.3 Å². The monoisotopic (exact) mass is 235 g/mol. The summed E-state index contributed by atoms with van der Waals surface area (Å²) < 4.78 is 0. The lowest BCUT2D eigenvalue weighted by molar-refractivity contribution is 0.781. The predicted octanol–water partition coefficient (Wildman–Crippen LogP) is 2.49. The molecule has 1 heterocycles. The predicted molar refractivity (Wildman–Crippen MR) is 66.7 cm³/mol. The van der Waals surface area contributed by atoms with Crippen LogP contribution in [0, 0.1) is 0 Å². The van der Waals surface area contributed by atoms with Gasteiger partial charge < -0.3 is 10.3 Å². The highest BCUT2D eigenvalue weighted by Crippen LogP contribution is 2.22. The first kappa shape index (κ1) is 11.2. The molecule has 0 atom stereocenters. The minimum absolute atomic E-state index is 0.746. The fourth-order valence-electron chi connectivity index (χ4n) is 1.62. The van der Waals surface area contributed by atoms with E-state index in [0.717, 1.165) is 34.9 Å². The van der Waals surface area contributed by atoms with Crippen LogP contribution in [0.15, 0.2) is 30.6 Å². The quantitative estimate of drug-likeness (QED) is 0.855. The van der Waals surface area contributed by atoms with E-state index in [1.165, 1.54) is 0 Å². The summed E-state index contributed by atoms with van der Waals surface area (Å²) >= 11 is 5.86. The van der Waals surface area contributed by atoms with Crippen LogP contribution in [-0.4, -0.2) is 23.6 Å². The molecule has 0 saturated carbocycles. The Morgan fingerprint density at radius 1 is 1.31 bits per heavy atom. The van der Waals surface area contributed by atoms with Gasteiger partial charge in [-0.25, -0.2) is 4.98 Å². The molecule has 0 aliphatic rings. The van der Waals surface area contributed by atoms with Crippen LogP contribution in [0.5, 0.6) is 0 Å². The molecule has 0 spiro atoms. The summed E-state index contributed by atoms with van der Waals surface area (Å²) in [6.07, 6.45) is 2.67. The fourth-order valence-corrected chi connectivity index (χ4v) is 1.74. The second kappa shape index (κ2) is 5.14. The molecule has 2 aromatic rings. The summed E-state index contributed by atoms with van der Waals surface area (Å²) in [5.41, 5.74) is 3.25. The molecule has 0 bridgehead atoms. The Bertz CT molecular complexity index is 448. The van der Waals surface area contributed by atoms with Crippen LogP contribution in [0.1, 0.15) is 5.69 Å². The van der Waals surface area contributed by atoms with Gasteiger partial charge in [0.05, 0.1) is 12.0 Å². The van der Waals surface area contributed by atoms with Gasteiger partial charge in [0.25, 0.3) is 0 Å². The minimum atomic E-state index is 0.746. The van der Waals surface area contributed by atoms with Gasteiger partial charge in [0.15, 0.2) is 0 Å². The van der Waals surface area contributed by atoms with Crippen LogP contribution in [0.2, 0.25) is 5.02 Å². The molecule has 0 saturated heterocycles. The Morgan fingerprint density at radius 3 is 2.75 bits per heavy atom. The van der Waals surface area contributed by atoms with Crippen molar-refractivity contribution in [2.75, 3.05) is 13.6 Å². The number of benzene rings is 1. The number of likely N-dealkylation sites (N-methyl/N-ethyl adjacent to an activating group) is 1. The number of H-pyrrole nitrogens is 1. The van der Waals surface area contributed by atoms with Gasteiger partial charge in [-0.3, -0.25) is 0 Å². The van der Waals surface area contributed by atoms with Crippen molar-refractivity contribution in [1.29, 1.82) is 0 Å². The smallest absolute Gasteiger partial charge is 0.0929 e. The van der Waals surface area contributed by atoms with Crippen LogP contribution in [0.3, 0.4) is 0 Å². The molecule has 0 radical (unpaired) electrons. The van der Waals surface area contributed by atoms with Gasteiger partial charge in [0.2, 0.25) is 0 Å². The van der Waals surface area contributed by atoms with E-state index in [4.69, 9.17) is 11.6 Å². The summed E-state index contributed by atoms with van der Waals surface area (Å²) in [5, 5.41) is 3.87. The van der Waals surface area contributed by atoms with Gasteiger partial charge in [-0.2, -0.15) is 0 Å². The van der Waals surface area contributed by atoms with Gasteiger partial charge in [-0.15, -0.1) is 0 Å². The second-order valence-electron chi connectivity index (χ2n) is 3.59. The van der Waals surface area contributed by atoms with E-state index >= 15 is 0 Å². The van der Waals surface area contributed by atoms with Crippen molar-refractivity contribution in [3.8, 4) is 11.3 Å². The number of nitrogens with zero attached hydrogens (tertiary/aromatic N) is 1. The molecule has 4 heteroatoms. The van der Waals surface area contributed by atoms with E-state index in [9.17, 15) is 0 Å². The maximum atomic E-state index is 5.86. The first-order chi connectivity index (χ1) is 7.81. The highest BCUT2D eigenvalue weighted by atomic mass is 35.5. The molecule has 0 unspecified atom stereocenters. The molecule has 3 nitrogen and oxygen atoms in total. The van der Waals surface area contributed by atoms with Gasteiger partial charge in [0.1, 0.15) is 0 Å². The molecule has 0 aliphatic carbocycles. The van der Waals surface area contributed by atoms with Crippen LogP contribution >= 0.6 is 11.6 Å². The summed E-state index contributed by atoms with van der Waals surface area (Å²) in [5.74, 6) is 0. The molecule has 1 aromatic heterocycles. The number of hydrogen-bond acceptors (Lipinski definition) is 2. The zero-order valence-corrected chi connectivity index (χ0v) is 9.88. The van der Waals surface area contributed by atoms with Crippen molar-refractivity contribution < 1.29 is 0 Å². The van der Waals surface area contributed by atoms with Crippen molar-refractivity contribution in [2.24, 2.45) is 0 Å². The largest absolute Gasteiger partial charge is 0.348 e. The molecule has 0 aliphatic heterocycles. The summed E-state index contributed by atoms with van der Waals surface area (Å²) in [6, 6.07) is 7.74. The molecule has 2 rings (SSSR count). The second-order valence-corrected chi connectivity index (χ2v) is 4.03. The average Bonchev–Trinajstić information content (AvgIpc) is 2.75. The summed E-state index contributed by atoms with van der Waals surface area (Å²) in [4.78, 5) is 7.51. The van der Waals surface area contributed by atoms with Crippen molar-refractivity contribution >= 4 is 11.6 Å². The van der Waals surface area contributed by atoms with Crippen LogP contribution in [0.25, 0.3) is 11.3 Å². The summed E-state index contributed by atoms with van der Waals surface area (Å²) in [6.45, 7) is 0.933. The zero-order chi connectivity index (χ0) is 11.4. The molecule has 0 amide bonds. The van der Waals surface area contributed by atoms with E-state index in [1.54, 1.807) is 6.33 Å². The highest BCUT2D eigenvalue weighted by Gasteiger charge is 2.07. The molecule has 84 valence electrons. The average molecular weight is 236 g/mol. The van der Waals surface area contributed by atoms with Crippen molar-refractivity contribution in [3.63, 3.8) is 0 Å². The first-order valence-electron chi connectivity index (χ1n) is 5.24. The normalized spacial score (nSPS) is 10.6. The lowest BCUT2D eigenvalue weighted by atomic mass is 10.1. The number of hydrogen-bond donors (Lipinski definition) is 2. The lowest BCUT2D eigenvalue weighted by Crippen LogP contribution is -2.11. The molecule has 2 N–H and O–H groups in total. The lowest BCUT2D eigenvalue weighted by Gasteiger charge is -2.02. The van der Waals surface area contributed by atoms with Crippen LogP contribution in [0.4, 0.5) is 0 Å². The van der Waals surface area contributed by atoms with E-state index in [0.29, 0.717) is 0 Å². The third-order valence-electron chi connectivity index (χ3n) is 2.46. The number of nitrogens with one attached hydrogen (secondary N) is 2. The third-order valence-corrected chi connectivity index (χ3v) is 2.71. The molecule has 1 aromatic carbocycles. The van der Waals surface area contributed by atoms with Crippen LogP contribution < -0.4 is 5.32 Å². The van der Waals surface area contributed by atoms with Gasteiger partial charge in [-0.1, -0.05) is 23.7 Å². The Hall–Kier alpha value is -1.32. The van der Waals surface area contributed by atoms with E-state index < -0.39 is 0 Å².